The molecular formula is C29H28ClN3O5S2. The van der Waals surface area contributed by atoms with Gasteiger partial charge in [0, 0.05) is 22.0 Å². The van der Waals surface area contributed by atoms with Crippen LogP contribution in [0, 0.1) is 27.7 Å². The van der Waals surface area contributed by atoms with Crippen molar-refractivity contribution in [1.29, 1.82) is 0 Å². The predicted molar refractivity (Wildman–Crippen MR) is 159 cm³/mol. The van der Waals surface area contributed by atoms with Gasteiger partial charge in [0.2, 0.25) is 0 Å². The third-order valence-corrected chi connectivity index (χ3v) is 9.67. The molecule has 0 atom stereocenters. The molecular weight excluding hydrogens is 570 g/mol. The van der Waals surface area contributed by atoms with Crippen LogP contribution in [-0.2, 0) is 20.0 Å². The fourth-order valence-corrected chi connectivity index (χ4v) is 6.39. The number of halogens is 1. The molecule has 0 unspecified atom stereocenters. The average Bonchev–Trinajstić information content (AvgIpc) is 2.88. The molecule has 0 aliphatic heterocycles. The zero-order chi connectivity index (χ0) is 29.2. The summed E-state index contributed by atoms with van der Waals surface area (Å²) in [7, 11) is -7.86. The molecule has 0 aromatic heterocycles. The van der Waals surface area contributed by atoms with Crippen molar-refractivity contribution >= 4 is 54.6 Å². The molecule has 0 fully saturated rings. The van der Waals surface area contributed by atoms with Crippen LogP contribution >= 0.6 is 11.6 Å². The second kappa shape index (κ2) is 11.3. The number of nitrogens with one attached hydrogen (secondary N) is 3. The third-order valence-electron chi connectivity index (χ3n) is 6.35. The van der Waals surface area contributed by atoms with Crippen molar-refractivity contribution < 1.29 is 21.6 Å². The molecule has 0 spiro atoms. The van der Waals surface area contributed by atoms with Gasteiger partial charge < -0.3 is 5.32 Å². The molecule has 1 amide bonds. The highest BCUT2D eigenvalue weighted by Crippen LogP contribution is 2.25. The fraction of sp³-hybridized carbons (Fsp3) is 0.138. The minimum Gasteiger partial charge on any atom is -0.322 e. The molecule has 0 saturated heterocycles. The van der Waals surface area contributed by atoms with Crippen LogP contribution in [0.4, 0.5) is 17.1 Å². The van der Waals surface area contributed by atoms with E-state index in [1.165, 1.54) is 42.5 Å². The highest BCUT2D eigenvalue weighted by Gasteiger charge is 2.20. The third kappa shape index (κ3) is 6.64. The summed E-state index contributed by atoms with van der Waals surface area (Å²) in [6, 6.07) is 20.1. The van der Waals surface area contributed by atoms with Crippen molar-refractivity contribution in [3.8, 4) is 0 Å². The molecule has 4 aromatic rings. The number of hydrogen-bond donors (Lipinski definition) is 3. The van der Waals surface area contributed by atoms with Gasteiger partial charge in [-0.15, -0.1) is 0 Å². The van der Waals surface area contributed by atoms with E-state index < -0.39 is 26.0 Å². The summed E-state index contributed by atoms with van der Waals surface area (Å²) in [6.45, 7) is 7.29. The van der Waals surface area contributed by atoms with Gasteiger partial charge in [-0.25, -0.2) is 16.8 Å². The number of benzene rings is 4. The zero-order valence-electron chi connectivity index (χ0n) is 22.2. The van der Waals surface area contributed by atoms with Crippen LogP contribution in [0.15, 0.2) is 88.7 Å². The largest absolute Gasteiger partial charge is 0.322 e. The van der Waals surface area contributed by atoms with Crippen molar-refractivity contribution in [2.75, 3.05) is 14.8 Å². The first-order valence-corrected chi connectivity index (χ1v) is 15.5. The van der Waals surface area contributed by atoms with Gasteiger partial charge in [0.1, 0.15) is 0 Å². The first-order valence-electron chi connectivity index (χ1n) is 12.2. The van der Waals surface area contributed by atoms with Crippen molar-refractivity contribution in [3.63, 3.8) is 0 Å². The molecule has 3 N–H and O–H groups in total. The van der Waals surface area contributed by atoms with E-state index in [0.29, 0.717) is 27.6 Å². The van der Waals surface area contributed by atoms with Crippen molar-refractivity contribution in [3.05, 3.63) is 112 Å². The predicted octanol–water partition coefficient (Wildman–Crippen LogP) is 6.43. The van der Waals surface area contributed by atoms with Crippen LogP contribution in [0.1, 0.15) is 32.6 Å². The van der Waals surface area contributed by atoms with E-state index in [9.17, 15) is 21.6 Å². The van der Waals surface area contributed by atoms with Crippen molar-refractivity contribution in [2.24, 2.45) is 0 Å². The Balaban J connectivity index is 1.50. The summed E-state index contributed by atoms with van der Waals surface area (Å²) in [5, 5.41) is 3.11. The summed E-state index contributed by atoms with van der Waals surface area (Å²) in [6.07, 6.45) is 0. The molecule has 40 heavy (non-hydrogen) atoms. The lowest BCUT2D eigenvalue weighted by Gasteiger charge is -2.13. The summed E-state index contributed by atoms with van der Waals surface area (Å²) < 4.78 is 56.9. The lowest BCUT2D eigenvalue weighted by atomic mass is 10.1. The van der Waals surface area contributed by atoms with Crippen LogP contribution in [0.5, 0.6) is 0 Å². The molecule has 208 valence electrons. The number of rotatable bonds is 8. The number of aryl methyl sites for hydroxylation is 4. The van der Waals surface area contributed by atoms with Gasteiger partial charge in [-0.05, 0) is 111 Å². The first-order chi connectivity index (χ1) is 18.7. The average molecular weight is 598 g/mol. The van der Waals surface area contributed by atoms with Gasteiger partial charge in [-0.1, -0.05) is 29.8 Å². The molecule has 11 heteroatoms. The summed E-state index contributed by atoms with van der Waals surface area (Å²) in [5.41, 5.74) is 4.49. The molecule has 4 rings (SSSR count). The van der Waals surface area contributed by atoms with Crippen LogP contribution in [-0.4, -0.2) is 22.7 Å². The highest BCUT2D eigenvalue weighted by molar-refractivity contribution is 7.93. The number of hydrogen-bond acceptors (Lipinski definition) is 5. The molecule has 8 nitrogen and oxygen atoms in total. The van der Waals surface area contributed by atoms with E-state index in [0.717, 1.165) is 16.7 Å². The summed E-state index contributed by atoms with van der Waals surface area (Å²) in [5.74, 6) is -0.550. The molecule has 4 aromatic carbocycles. The van der Waals surface area contributed by atoms with E-state index >= 15 is 0 Å². The van der Waals surface area contributed by atoms with E-state index in [2.05, 4.69) is 14.8 Å². The van der Waals surface area contributed by atoms with Crippen LogP contribution in [0.25, 0.3) is 0 Å². The van der Waals surface area contributed by atoms with Gasteiger partial charge in [0.15, 0.2) is 0 Å². The Kier molecular flexibility index (Phi) is 8.25. The lowest BCUT2D eigenvalue weighted by Crippen LogP contribution is -2.17. The highest BCUT2D eigenvalue weighted by atomic mass is 35.5. The van der Waals surface area contributed by atoms with Crippen molar-refractivity contribution in [1.82, 2.24) is 0 Å². The second-order valence-corrected chi connectivity index (χ2v) is 13.2. The maximum atomic E-state index is 13.1. The SMILES string of the molecule is Cc1ccc(NS(=O)(=O)c2cc(C(=O)Nc3ccc(S(=O)(=O)Nc4ccc(C)c(Cl)c4)cc3)ccc2C)cc1C. The van der Waals surface area contributed by atoms with Gasteiger partial charge in [0.25, 0.3) is 26.0 Å². The Morgan fingerprint density at radius 3 is 1.77 bits per heavy atom. The number of anilines is 3. The smallest absolute Gasteiger partial charge is 0.262 e. The van der Waals surface area contributed by atoms with E-state index in [4.69, 9.17) is 11.6 Å². The molecule has 0 aliphatic rings. The zero-order valence-corrected chi connectivity index (χ0v) is 24.6. The Morgan fingerprint density at radius 1 is 0.600 bits per heavy atom. The Morgan fingerprint density at radius 2 is 1.15 bits per heavy atom. The Labute approximate surface area is 239 Å². The Hall–Kier alpha value is -3.86. The molecule has 0 saturated carbocycles. The fourth-order valence-electron chi connectivity index (χ4n) is 3.84. The summed E-state index contributed by atoms with van der Waals surface area (Å²) >= 11 is 6.09. The number of amides is 1. The van der Waals surface area contributed by atoms with Crippen LogP contribution < -0.4 is 14.8 Å². The maximum absolute atomic E-state index is 13.1. The Bertz CT molecular complexity index is 1820. The number of carbonyl (C=O) groups is 1. The van der Waals surface area contributed by atoms with Gasteiger partial charge in [-0.3, -0.25) is 14.2 Å². The first kappa shape index (κ1) is 29.1. The second-order valence-electron chi connectivity index (χ2n) is 9.43. The van der Waals surface area contributed by atoms with E-state index in [1.807, 2.05) is 26.8 Å². The summed E-state index contributed by atoms with van der Waals surface area (Å²) in [4.78, 5) is 12.9. The molecule has 0 aliphatic carbocycles. The molecule has 0 bridgehead atoms. The minimum absolute atomic E-state index is 0.0108. The van der Waals surface area contributed by atoms with Crippen LogP contribution in [0.2, 0.25) is 5.02 Å². The van der Waals surface area contributed by atoms with Gasteiger partial charge in [-0.2, -0.15) is 0 Å². The van der Waals surface area contributed by atoms with Crippen molar-refractivity contribution in [2.45, 2.75) is 37.5 Å². The maximum Gasteiger partial charge on any atom is 0.262 e. The number of carbonyl (C=O) groups excluding carboxylic acids is 1. The number of sulfonamides is 2. The van der Waals surface area contributed by atoms with Gasteiger partial charge in [0.05, 0.1) is 15.5 Å². The monoisotopic (exact) mass is 597 g/mol. The van der Waals surface area contributed by atoms with E-state index in [-0.39, 0.29) is 15.4 Å². The van der Waals surface area contributed by atoms with Crippen LogP contribution in [0.3, 0.4) is 0 Å². The molecule has 0 heterocycles. The normalized spacial score (nSPS) is 11.6. The minimum atomic E-state index is -3.97. The quantitative estimate of drug-likeness (QED) is 0.216. The molecule has 0 radical (unpaired) electrons. The standard InChI is InChI=1S/C29H28ClN3O5S2/c1-18-6-9-24(15-21(18)4)33-40(37,38)28-16-22(8-5-20(28)3)29(34)31-23-11-13-26(14-12-23)39(35,36)32-25-10-7-19(2)27(30)17-25/h5-17,32-33H,1-4H3,(H,31,34). The lowest BCUT2D eigenvalue weighted by molar-refractivity contribution is 0.102. The van der Waals surface area contributed by atoms with E-state index in [1.54, 1.807) is 37.3 Å². The topological polar surface area (TPSA) is 121 Å². The van der Waals surface area contributed by atoms with Gasteiger partial charge >= 0.3 is 0 Å².